The van der Waals surface area contributed by atoms with Crippen LogP contribution in [0.2, 0.25) is 0 Å². The summed E-state index contributed by atoms with van der Waals surface area (Å²) in [5.74, 6) is 5.84. The molecule has 0 radical (unpaired) electrons. The van der Waals surface area contributed by atoms with Gasteiger partial charge in [0.25, 0.3) is 11.6 Å². The maximum atomic E-state index is 12.0. The molecular weight excluding hydrogens is 388 g/mol. The summed E-state index contributed by atoms with van der Waals surface area (Å²) in [7, 11) is 0. The number of nitro benzene ring substituents is 1. The lowest BCUT2D eigenvalue weighted by atomic mass is 10.1. The number of nitro groups is 1. The number of nitrogens with zero attached hydrogens (tertiary/aromatic N) is 1. The van der Waals surface area contributed by atoms with Crippen LogP contribution in [0.4, 0.5) is 5.69 Å². The molecule has 7 heteroatoms. The lowest BCUT2D eigenvalue weighted by Crippen LogP contribution is -2.23. The summed E-state index contributed by atoms with van der Waals surface area (Å²) in [6.07, 6.45) is 0. The first-order valence-corrected chi connectivity index (χ1v) is 8.14. The Morgan fingerprint density at radius 3 is 2.80 bits per heavy atom. The fourth-order valence-corrected chi connectivity index (χ4v) is 2.34. The molecule has 2 aromatic carbocycles. The van der Waals surface area contributed by atoms with Gasteiger partial charge in [0.15, 0.2) is 0 Å². The van der Waals surface area contributed by atoms with Gasteiger partial charge in [-0.3, -0.25) is 14.9 Å². The summed E-state index contributed by atoms with van der Waals surface area (Å²) in [5.41, 5.74) is 0.650. The van der Waals surface area contributed by atoms with Crippen LogP contribution in [0.1, 0.15) is 15.9 Å². The van der Waals surface area contributed by atoms with Crippen LogP contribution in [0.15, 0.2) is 46.9 Å². The molecule has 0 saturated carbocycles. The highest BCUT2D eigenvalue weighted by molar-refractivity contribution is 9.10. The van der Waals surface area contributed by atoms with E-state index >= 15 is 0 Å². The van der Waals surface area contributed by atoms with Crippen molar-refractivity contribution >= 4 is 27.5 Å². The van der Waals surface area contributed by atoms with Crippen molar-refractivity contribution in [2.75, 3.05) is 13.2 Å². The van der Waals surface area contributed by atoms with Gasteiger partial charge >= 0.3 is 0 Å². The van der Waals surface area contributed by atoms with E-state index in [1.54, 1.807) is 19.1 Å². The van der Waals surface area contributed by atoms with E-state index in [4.69, 9.17) is 4.74 Å². The maximum absolute atomic E-state index is 12.0. The first kappa shape index (κ1) is 18.5. The third-order valence-corrected chi connectivity index (χ3v) is 3.73. The predicted molar refractivity (Wildman–Crippen MR) is 97.6 cm³/mol. The molecule has 1 N–H and O–H groups in total. The Bertz CT molecular complexity index is 856. The molecule has 0 unspecified atom stereocenters. The second-order valence-corrected chi connectivity index (χ2v) is 5.96. The molecule has 128 valence electrons. The Balaban J connectivity index is 1.83. The van der Waals surface area contributed by atoms with Gasteiger partial charge in [-0.2, -0.15) is 0 Å². The Morgan fingerprint density at radius 2 is 2.08 bits per heavy atom. The molecule has 2 rings (SSSR count). The fraction of sp³-hybridized carbons (Fsp3) is 0.167. The van der Waals surface area contributed by atoms with Crippen LogP contribution in [-0.4, -0.2) is 24.0 Å². The fourth-order valence-electron chi connectivity index (χ4n) is 1.96. The van der Waals surface area contributed by atoms with Gasteiger partial charge in [0.2, 0.25) is 0 Å². The van der Waals surface area contributed by atoms with Gasteiger partial charge in [0, 0.05) is 21.7 Å². The standard InChI is InChI=1S/C18H15BrN2O4/c1-13-7-8-14(11-17(13)21(23)24)18(22)20-9-2-3-10-25-16-6-4-5-15(19)12-16/h4-8,11-12H,9-10H2,1H3,(H,20,22). The predicted octanol–water partition coefficient (Wildman–Crippen LogP) is 3.48. The molecule has 0 aromatic heterocycles. The normalized spacial score (nSPS) is 9.68. The highest BCUT2D eigenvalue weighted by atomic mass is 79.9. The highest BCUT2D eigenvalue weighted by Gasteiger charge is 2.14. The number of carbonyl (C=O) groups excluding carboxylic acids is 1. The zero-order valence-corrected chi connectivity index (χ0v) is 15.0. The van der Waals surface area contributed by atoms with Gasteiger partial charge in [0.05, 0.1) is 11.5 Å². The molecule has 1 amide bonds. The molecule has 0 spiro atoms. The summed E-state index contributed by atoms with van der Waals surface area (Å²) in [6.45, 7) is 1.95. The molecule has 0 heterocycles. The number of nitrogens with one attached hydrogen (secondary N) is 1. The zero-order chi connectivity index (χ0) is 18.2. The van der Waals surface area contributed by atoms with E-state index in [9.17, 15) is 14.9 Å². The molecule has 0 atom stereocenters. The summed E-state index contributed by atoms with van der Waals surface area (Å²) < 4.78 is 6.36. The second kappa shape index (κ2) is 8.85. The van der Waals surface area contributed by atoms with Gasteiger partial charge in [0.1, 0.15) is 12.4 Å². The van der Waals surface area contributed by atoms with Crippen LogP contribution >= 0.6 is 15.9 Å². The van der Waals surface area contributed by atoms with E-state index < -0.39 is 10.8 Å². The van der Waals surface area contributed by atoms with Gasteiger partial charge in [-0.25, -0.2) is 0 Å². The first-order valence-electron chi connectivity index (χ1n) is 7.34. The van der Waals surface area contributed by atoms with Crippen LogP contribution in [0.5, 0.6) is 5.75 Å². The van der Waals surface area contributed by atoms with Crippen molar-refractivity contribution in [2.45, 2.75) is 6.92 Å². The van der Waals surface area contributed by atoms with E-state index in [0.717, 1.165) is 4.47 Å². The first-order chi connectivity index (χ1) is 12.0. The number of aryl methyl sites for hydroxylation is 1. The van der Waals surface area contributed by atoms with E-state index in [1.807, 2.05) is 24.3 Å². The highest BCUT2D eigenvalue weighted by Crippen LogP contribution is 2.19. The van der Waals surface area contributed by atoms with Gasteiger partial charge in [-0.15, -0.1) is 0 Å². The van der Waals surface area contributed by atoms with Crippen LogP contribution in [0.3, 0.4) is 0 Å². The molecule has 6 nitrogen and oxygen atoms in total. The van der Waals surface area contributed by atoms with E-state index in [0.29, 0.717) is 11.3 Å². The maximum Gasteiger partial charge on any atom is 0.273 e. The van der Waals surface area contributed by atoms with Crippen LogP contribution < -0.4 is 10.1 Å². The molecule has 0 bridgehead atoms. The van der Waals surface area contributed by atoms with Crippen molar-refractivity contribution in [3.63, 3.8) is 0 Å². The SMILES string of the molecule is Cc1ccc(C(=O)NCC#CCOc2cccc(Br)c2)cc1[N+](=O)[O-]. The van der Waals surface area contributed by atoms with Crippen molar-refractivity contribution in [1.29, 1.82) is 0 Å². The Labute approximate surface area is 153 Å². The number of carbonyl (C=O) groups is 1. The molecule has 0 aliphatic heterocycles. The summed E-state index contributed by atoms with van der Waals surface area (Å²) in [4.78, 5) is 22.4. The molecule has 2 aromatic rings. The summed E-state index contributed by atoms with van der Waals surface area (Å²) >= 11 is 3.35. The number of halogens is 1. The van der Waals surface area contributed by atoms with Gasteiger partial charge in [-0.1, -0.05) is 39.9 Å². The lowest BCUT2D eigenvalue weighted by Gasteiger charge is -2.03. The minimum atomic E-state index is -0.509. The number of rotatable bonds is 5. The van der Waals surface area contributed by atoms with Crippen molar-refractivity contribution in [2.24, 2.45) is 0 Å². The van der Waals surface area contributed by atoms with Crippen LogP contribution in [0.25, 0.3) is 0 Å². The largest absolute Gasteiger partial charge is 0.481 e. The van der Waals surface area contributed by atoms with Crippen molar-refractivity contribution in [3.8, 4) is 17.6 Å². The van der Waals surface area contributed by atoms with Crippen molar-refractivity contribution < 1.29 is 14.5 Å². The molecule has 25 heavy (non-hydrogen) atoms. The summed E-state index contributed by atoms with van der Waals surface area (Å²) in [5, 5.41) is 13.5. The second-order valence-electron chi connectivity index (χ2n) is 5.04. The van der Waals surface area contributed by atoms with Crippen molar-refractivity contribution in [1.82, 2.24) is 5.32 Å². The average molecular weight is 403 g/mol. The smallest absolute Gasteiger partial charge is 0.273 e. The van der Waals surface area contributed by atoms with E-state index in [-0.39, 0.29) is 24.4 Å². The van der Waals surface area contributed by atoms with Crippen LogP contribution in [0, 0.1) is 28.9 Å². The monoisotopic (exact) mass is 402 g/mol. The molecule has 0 aliphatic rings. The molecule has 0 aliphatic carbocycles. The number of hydrogen-bond donors (Lipinski definition) is 1. The quantitative estimate of drug-likeness (QED) is 0.471. The Morgan fingerprint density at radius 1 is 1.28 bits per heavy atom. The minimum absolute atomic E-state index is 0.0823. The molecule has 0 fully saturated rings. The van der Waals surface area contributed by atoms with E-state index in [2.05, 4.69) is 33.1 Å². The third kappa shape index (κ3) is 5.62. The minimum Gasteiger partial charge on any atom is -0.481 e. The summed E-state index contributed by atoms with van der Waals surface area (Å²) in [6, 6.07) is 11.7. The number of hydrogen-bond acceptors (Lipinski definition) is 4. The zero-order valence-electron chi connectivity index (χ0n) is 13.4. The van der Waals surface area contributed by atoms with E-state index in [1.165, 1.54) is 6.07 Å². The topological polar surface area (TPSA) is 81.5 Å². The van der Waals surface area contributed by atoms with Crippen LogP contribution in [-0.2, 0) is 0 Å². The van der Waals surface area contributed by atoms with Gasteiger partial charge in [-0.05, 0) is 31.2 Å². The average Bonchev–Trinajstić information content (AvgIpc) is 2.58. The third-order valence-electron chi connectivity index (χ3n) is 3.24. The van der Waals surface area contributed by atoms with Crippen molar-refractivity contribution in [3.05, 3.63) is 68.2 Å². The number of ether oxygens (including phenoxy) is 1. The lowest BCUT2D eigenvalue weighted by molar-refractivity contribution is -0.385. The number of benzene rings is 2. The number of amides is 1. The molecular formula is C18H15BrN2O4. The Hall–Kier alpha value is -2.85. The van der Waals surface area contributed by atoms with Gasteiger partial charge < -0.3 is 10.1 Å². The Kier molecular flexibility index (Phi) is 6.54. The molecule has 0 saturated heterocycles.